The molecule has 1 aromatic rings. The molecule has 1 aliphatic heterocycles. The summed E-state index contributed by atoms with van der Waals surface area (Å²) < 4.78 is 27.7. The third-order valence-electron chi connectivity index (χ3n) is 5.68. The highest BCUT2D eigenvalue weighted by atomic mass is 19.1. The number of carbonyl (C=O) groups is 1. The molecule has 0 bridgehead atoms. The van der Waals surface area contributed by atoms with Crippen LogP contribution in [0.15, 0.2) is 18.2 Å². The summed E-state index contributed by atoms with van der Waals surface area (Å²) in [7, 11) is 0. The number of hydrogen-bond acceptors (Lipinski definition) is 2. The Labute approximate surface area is 141 Å². The summed E-state index contributed by atoms with van der Waals surface area (Å²) in [5.74, 6) is -0.649. The van der Waals surface area contributed by atoms with Gasteiger partial charge >= 0.3 is 0 Å². The number of hydrogen-bond donors (Lipinski definition) is 1. The van der Waals surface area contributed by atoms with Crippen LogP contribution in [0.25, 0.3) is 0 Å². The third-order valence-corrected chi connectivity index (χ3v) is 5.68. The van der Waals surface area contributed by atoms with E-state index in [0.717, 1.165) is 38.4 Å². The summed E-state index contributed by atoms with van der Waals surface area (Å²) in [6, 6.07) is 4.42. The normalized spacial score (nSPS) is 27.3. The molecule has 1 heterocycles. The van der Waals surface area contributed by atoms with Crippen molar-refractivity contribution in [3.8, 4) is 0 Å². The summed E-state index contributed by atoms with van der Waals surface area (Å²) in [5, 5.41) is 3.60. The molecule has 3 fully saturated rings. The quantitative estimate of drug-likeness (QED) is 0.898. The zero-order valence-corrected chi connectivity index (χ0v) is 13.8. The largest absolute Gasteiger partial charge is 0.342 e. The molecule has 4 rings (SSSR count). The van der Waals surface area contributed by atoms with E-state index >= 15 is 0 Å². The molecule has 1 amide bonds. The molecule has 3 nitrogen and oxygen atoms in total. The van der Waals surface area contributed by atoms with Crippen LogP contribution in [0.1, 0.15) is 43.6 Å². The van der Waals surface area contributed by atoms with Crippen molar-refractivity contribution in [2.24, 2.45) is 11.8 Å². The summed E-state index contributed by atoms with van der Waals surface area (Å²) in [4.78, 5) is 14.5. The van der Waals surface area contributed by atoms with Gasteiger partial charge in [-0.1, -0.05) is 6.07 Å². The molecule has 0 radical (unpaired) electrons. The van der Waals surface area contributed by atoms with Gasteiger partial charge in [-0.3, -0.25) is 4.79 Å². The third kappa shape index (κ3) is 3.32. The van der Waals surface area contributed by atoms with Crippen LogP contribution in [-0.2, 0) is 4.79 Å². The smallest absolute Gasteiger partial charge is 0.226 e. The molecule has 3 aliphatic rings. The second-order valence-corrected chi connectivity index (χ2v) is 7.54. The van der Waals surface area contributed by atoms with Crippen LogP contribution >= 0.6 is 0 Å². The molecule has 2 saturated carbocycles. The van der Waals surface area contributed by atoms with Crippen molar-refractivity contribution in [2.45, 2.75) is 44.1 Å². The van der Waals surface area contributed by atoms with Gasteiger partial charge in [0.25, 0.3) is 0 Å². The van der Waals surface area contributed by atoms with Gasteiger partial charge in [-0.2, -0.15) is 0 Å². The fourth-order valence-corrected chi connectivity index (χ4v) is 3.85. The summed E-state index contributed by atoms with van der Waals surface area (Å²) in [5.41, 5.74) is 0.0943. The highest BCUT2D eigenvalue weighted by molar-refractivity contribution is 5.83. The number of nitrogens with one attached hydrogen (secondary N) is 1. The predicted octanol–water partition coefficient (Wildman–Crippen LogP) is 3.06. The van der Waals surface area contributed by atoms with Crippen LogP contribution in [0, 0.1) is 23.5 Å². The Hall–Kier alpha value is -1.49. The molecule has 130 valence electrons. The van der Waals surface area contributed by atoms with E-state index in [2.05, 4.69) is 5.32 Å². The maximum atomic E-state index is 13.9. The van der Waals surface area contributed by atoms with Gasteiger partial charge in [0.15, 0.2) is 0 Å². The minimum Gasteiger partial charge on any atom is -0.342 e. The van der Waals surface area contributed by atoms with Gasteiger partial charge in [0.05, 0.1) is 0 Å². The van der Waals surface area contributed by atoms with Crippen molar-refractivity contribution >= 4 is 5.91 Å². The van der Waals surface area contributed by atoms with Gasteiger partial charge in [-0.05, 0) is 56.7 Å². The number of carbonyl (C=O) groups excluding carboxylic acids is 1. The van der Waals surface area contributed by atoms with Crippen molar-refractivity contribution < 1.29 is 13.6 Å². The molecule has 2 aliphatic carbocycles. The topological polar surface area (TPSA) is 32.3 Å². The molecule has 1 aromatic carbocycles. The average Bonchev–Trinajstić information content (AvgIpc) is 3.47. The molecular weight excluding hydrogens is 310 g/mol. The van der Waals surface area contributed by atoms with Crippen molar-refractivity contribution in [1.29, 1.82) is 0 Å². The van der Waals surface area contributed by atoms with E-state index < -0.39 is 11.6 Å². The molecule has 0 spiro atoms. The minimum atomic E-state index is -0.529. The Morgan fingerprint density at radius 2 is 1.79 bits per heavy atom. The van der Waals surface area contributed by atoms with E-state index in [1.165, 1.54) is 31.0 Å². The van der Waals surface area contributed by atoms with Crippen molar-refractivity contribution in [2.75, 3.05) is 19.6 Å². The highest BCUT2D eigenvalue weighted by Crippen LogP contribution is 2.50. The molecular formula is C19H24F2N2O. The van der Waals surface area contributed by atoms with E-state index in [9.17, 15) is 13.6 Å². The average molecular weight is 334 g/mol. The van der Waals surface area contributed by atoms with Crippen LogP contribution in [0.3, 0.4) is 0 Å². The van der Waals surface area contributed by atoms with Gasteiger partial charge in [0.2, 0.25) is 5.91 Å². The molecule has 24 heavy (non-hydrogen) atoms. The van der Waals surface area contributed by atoms with Crippen LogP contribution < -0.4 is 5.32 Å². The van der Waals surface area contributed by atoms with Crippen LogP contribution in [0.5, 0.6) is 0 Å². The summed E-state index contributed by atoms with van der Waals surface area (Å²) >= 11 is 0. The second kappa shape index (κ2) is 6.43. The van der Waals surface area contributed by atoms with E-state index in [4.69, 9.17) is 0 Å². The second-order valence-electron chi connectivity index (χ2n) is 7.54. The zero-order valence-electron chi connectivity index (χ0n) is 13.8. The summed E-state index contributed by atoms with van der Waals surface area (Å²) in [6.07, 6.45) is 5.21. The van der Waals surface area contributed by atoms with E-state index in [0.29, 0.717) is 12.5 Å². The Kier molecular flexibility index (Phi) is 4.29. The number of rotatable bonds is 5. The van der Waals surface area contributed by atoms with Gasteiger partial charge in [0.1, 0.15) is 11.6 Å². The lowest BCUT2D eigenvalue weighted by atomic mass is 10.0. The summed E-state index contributed by atoms with van der Waals surface area (Å²) in [6.45, 7) is 2.62. The number of benzene rings is 1. The first-order valence-corrected chi connectivity index (χ1v) is 9.09. The SMILES string of the molecule is O=C(C1CC1c1c(F)cccc1F)N1CCC(NCC2CC2)CC1. The van der Waals surface area contributed by atoms with Crippen molar-refractivity contribution in [3.05, 3.63) is 35.4 Å². The monoisotopic (exact) mass is 334 g/mol. The minimum absolute atomic E-state index is 0.0725. The number of amides is 1. The number of likely N-dealkylation sites (tertiary alicyclic amines) is 1. The van der Waals surface area contributed by atoms with Crippen LogP contribution in [-0.4, -0.2) is 36.5 Å². The Morgan fingerprint density at radius 1 is 1.12 bits per heavy atom. The number of nitrogens with zero attached hydrogens (tertiary/aromatic N) is 1. The fourth-order valence-electron chi connectivity index (χ4n) is 3.85. The lowest BCUT2D eigenvalue weighted by Gasteiger charge is -2.33. The highest BCUT2D eigenvalue weighted by Gasteiger charge is 2.48. The molecule has 1 N–H and O–H groups in total. The van der Waals surface area contributed by atoms with E-state index in [-0.39, 0.29) is 23.3 Å². The van der Waals surface area contributed by atoms with Gasteiger partial charge in [-0.25, -0.2) is 8.78 Å². The van der Waals surface area contributed by atoms with E-state index in [1.807, 2.05) is 4.90 Å². The van der Waals surface area contributed by atoms with Gasteiger partial charge in [0, 0.05) is 36.5 Å². The first-order chi connectivity index (χ1) is 11.6. The Morgan fingerprint density at radius 3 is 2.42 bits per heavy atom. The first kappa shape index (κ1) is 16.0. The predicted molar refractivity (Wildman–Crippen MR) is 87.5 cm³/mol. The van der Waals surface area contributed by atoms with Gasteiger partial charge < -0.3 is 10.2 Å². The Balaban J connectivity index is 1.30. The maximum absolute atomic E-state index is 13.9. The van der Waals surface area contributed by atoms with Crippen LogP contribution in [0.4, 0.5) is 8.78 Å². The zero-order chi connectivity index (χ0) is 16.7. The standard InChI is InChI=1S/C19H24F2N2O/c20-16-2-1-3-17(21)18(16)14-10-15(14)19(24)23-8-6-13(7-9-23)22-11-12-4-5-12/h1-3,12-15,22H,4-11H2. The lowest BCUT2D eigenvalue weighted by molar-refractivity contribution is -0.133. The first-order valence-electron chi connectivity index (χ1n) is 9.09. The molecule has 0 aromatic heterocycles. The van der Waals surface area contributed by atoms with Crippen molar-refractivity contribution in [3.63, 3.8) is 0 Å². The molecule has 2 unspecified atom stereocenters. The van der Waals surface area contributed by atoms with Crippen molar-refractivity contribution in [1.82, 2.24) is 10.2 Å². The fraction of sp³-hybridized carbons (Fsp3) is 0.632. The van der Waals surface area contributed by atoms with Gasteiger partial charge in [-0.15, -0.1) is 0 Å². The Bertz CT molecular complexity index is 604. The molecule has 5 heteroatoms. The number of piperidine rings is 1. The lowest BCUT2D eigenvalue weighted by Crippen LogP contribution is -2.46. The molecule has 1 saturated heterocycles. The maximum Gasteiger partial charge on any atom is 0.226 e. The van der Waals surface area contributed by atoms with Crippen LogP contribution in [0.2, 0.25) is 0 Å². The molecule has 2 atom stereocenters. The number of halogens is 2. The van der Waals surface area contributed by atoms with E-state index in [1.54, 1.807) is 0 Å².